The molecular formula is C19H19BrN4O4. The molecule has 0 spiro atoms. The first-order valence-corrected chi connectivity index (χ1v) is 9.46. The van der Waals surface area contributed by atoms with E-state index in [0.717, 1.165) is 4.47 Å². The molecule has 9 heteroatoms. The smallest absolute Gasteiger partial charge is 0.326 e. The van der Waals surface area contributed by atoms with Crippen molar-refractivity contribution in [3.63, 3.8) is 0 Å². The first-order chi connectivity index (χ1) is 13.4. The second kappa shape index (κ2) is 8.83. The van der Waals surface area contributed by atoms with E-state index in [1.165, 1.54) is 16.0 Å². The Morgan fingerprint density at radius 1 is 1.29 bits per heavy atom. The lowest BCUT2D eigenvalue weighted by Gasteiger charge is -2.13. The van der Waals surface area contributed by atoms with E-state index in [1.54, 1.807) is 19.2 Å². The van der Waals surface area contributed by atoms with Crippen LogP contribution in [0.4, 0.5) is 10.5 Å². The summed E-state index contributed by atoms with van der Waals surface area (Å²) in [5, 5.41) is 2.74. The minimum Gasteiger partial charge on any atom is -0.439 e. The first-order valence-electron chi connectivity index (χ1n) is 8.67. The number of hydrogen-bond acceptors (Lipinski definition) is 5. The van der Waals surface area contributed by atoms with Crippen molar-refractivity contribution in [3.05, 3.63) is 47.1 Å². The van der Waals surface area contributed by atoms with Crippen LogP contribution >= 0.6 is 15.9 Å². The van der Waals surface area contributed by atoms with Crippen molar-refractivity contribution in [2.45, 2.75) is 12.8 Å². The van der Waals surface area contributed by atoms with Gasteiger partial charge >= 0.3 is 6.03 Å². The van der Waals surface area contributed by atoms with Crippen LogP contribution in [0.2, 0.25) is 0 Å². The van der Waals surface area contributed by atoms with Gasteiger partial charge in [0, 0.05) is 30.6 Å². The van der Waals surface area contributed by atoms with E-state index < -0.39 is 0 Å². The molecule has 0 aliphatic carbocycles. The van der Waals surface area contributed by atoms with E-state index in [9.17, 15) is 14.4 Å². The van der Waals surface area contributed by atoms with Gasteiger partial charge in [-0.1, -0.05) is 22.0 Å². The molecule has 1 aliphatic rings. The molecule has 0 atom stereocenters. The van der Waals surface area contributed by atoms with Gasteiger partial charge in [-0.3, -0.25) is 14.5 Å². The molecule has 1 fully saturated rings. The fourth-order valence-corrected chi connectivity index (χ4v) is 3.05. The Balaban J connectivity index is 1.45. The molecular weight excluding hydrogens is 428 g/mol. The number of anilines is 1. The van der Waals surface area contributed by atoms with Gasteiger partial charge < -0.3 is 15.0 Å². The Kier molecular flexibility index (Phi) is 6.25. The number of urea groups is 1. The fourth-order valence-electron chi connectivity index (χ4n) is 2.68. The molecule has 4 amide bonds. The zero-order valence-electron chi connectivity index (χ0n) is 15.2. The molecule has 0 unspecified atom stereocenters. The third-order valence-electron chi connectivity index (χ3n) is 4.06. The first kappa shape index (κ1) is 19.8. The van der Waals surface area contributed by atoms with E-state index in [1.807, 2.05) is 24.3 Å². The monoisotopic (exact) mass is 446 g/mol. The molecule has 3 rings (SSSR count). The van der Waals surface area contributed by atoms with Gasteiger partial charge in [-0.05, 0) is 30.7 Å². The predicted octanol–water partition coefficient (Wildman–Crippen LogP) is 3.25. The Hall–Kier alpha value is -2.94. The highest BCUT2D eigenvalue weighted by Gasteiger charge is 2.32. The average Bonchev–Trinajstić information content (AvgIpc) is 2.89. The highest BCUT2D eigenvalue weighted by atomic mass is 79.9. The molecule has 2 heterocycles. The van der Waals surface area contributed by atoms with Crippen molar-refractivity contribution in [2.75, 3.05) is 25.5 Å². The van der Waals surface area contributed by atoms with Crippen LogP contribution in [0, 0.1) is 0 Å². The van der Waals surface area contributed by atoms with Crippen molar-refractivity contribution in [1.29, 1.82) is 0 Å². The largest absolute Gasteiger partial charge is 0.439 e. The summed E-state index contributed by atoms with van der Waals surface area (Å²) >= 11 is 3.38. The van der Waals surface area contributed by atoms with Crippen LogP contribution in [0.5, 0.6) is 11.6 Å². The Labute approximate surface area is 170 Å². The molecule has 146 valence electrons. The van der Waals surface area contributed by atoms with E-state index in [-0.39, 0.29) is 37.4 Å². The van der Waals surface area contributed by atoms with Crippen LogP contribution in [0.1, 0.15) is 12.8 Å². The lowest BCUT2D eigenvalue weighted by molar-refractivity contribution is -0.125. The summed E-state index contributed by atoms with van der Waals surface area (Å²) in [5.74, 6) is 0.606. The second-order valence-electron chi connectivity index (χ2n) is 6.28. The van der Waals surface area contributed by atoms with Crippen LogP contribution < -0.4 is 10.1 Å². The third-order valence-corrected chi connectivity index (χ3v) is 4.55. The normalized spacial score (nSPS) is 13.8. The van der Waals surface area contributed by atoms with Gasteiger partial charge in [-0.25, -0.2) is 9.78 Å². The second-order valence-corrected chi connectivity index (χ2v) is 7.20. The molecule has 0 radical (unpaired) electrons. The molecule has 0 saturated carbocycles. The lowest BCUT2D eigenvalue weighted by atomic mass is 10.2. The van der Waals surface area contributed by atoms with E-state index in [0.29, 0.717) is 23.7 Å². The Morgan fingerprint density at radius 3 is 2.75 bits per heavy atom. The number of ether oxygens (including phenoxy) is 1. The van der Waals surface area contributed by atoms with Crippen LogP contribution in [-0.2, 0) is 9.59 Å². The maximum Gasteiger partial charge on any atom is 0.326 e. The number of carbonyl (C=O) groups is 3. The number of pyridine rings is 1. The number of amides is 4. The molecule has 1 N–H and O–H groups in total. The highest BCUT2D eigenvalue weighted by Crippen LogP contribution is 2.23. The summed E-state index contributed by atoms with van der Waals surface area (Å²) < 4.78 is 6.54. The molecule has 1 aliphatic heterocycles. The van der Waals surface area contributed by atoms with E-state index >= 15 is 0 Å². The van der Waals surface area contributed by atoms with Crippen LogP contribution in [-0.4, -0.2) is 52.8 Å². The van der Waals surface area contributed by atoms with E-state index in [4.69, 9.17) is 4.74 Å². The molecule has 8 nitrogen and oxygen atoms in total. The Morgan fingerprint density at radius 2 is 2.11 bits per heavy atom. The molecule has 1 aromatic heterocycles. The van der Waals surface area contributed by atoms with Crippen LogP contribution in [0.3, 0.4) is 0 Å². The molecule has 1 saturated heterocycles. The minimum atomic E-state index is -0.323. The quantitative estimate of drug-likeness (QED) is 0.658. The van der Waals surface area contributed by atoms with Crippen LogP contribution in [0.15, 0.2) is 47.1 Å². The number of hydrogen-bond donors (Lipinski definition) is 1. The van der Waals surface area contributed by atoms with Crippen molar-refractivity contribution < 1.29 is 19.1 Å². The predicted molar refractivity (Wildman–Crippen MR) is 106 cm³/mol. The number of likely N-dealkylation sites (N-methyl/N-ethyl adjacent to an activating group) is 1. The number of nitrogens with zero attached hydrogens (tertiary/aromatic N) is 3. The van der Waals surface area contributed by atoms with Gasteiger partial charge in [0.2, 0.25) is 17.7 Å². The fraction of sp³-hybridized carbons (Fsp3) is 0.263. The van der Waals surface area contributed by atoms with Crippen molar-refractivity contribution in [2.24, 2.45) is 0 Å². The standard InChI is InChI=1S/C19H19BrN4O4/c1-23-12-18(26)24(19(23)27)9-3-6-16(25)22-14-7-8-17(21-11-14)28-15-5-2-4-13(20)10-15/h2,4-5,7-8,10-11H,3,6,9,12H2,1H3,(H,22,25). The molecule has 0 bridgehead atoms. The summed E-state index contributed by atoms with van der Waals surface area (Å²) in [6.07, 6.45) is 2.10. The zero-order valence-corrected chi connectivity index (χ0v) is 16.8. The van der Waals surface area contributed by atoms with Gasteiger partial charge in [0.15, 0.2) is 0 Å². The average molecular weight is 447 g/mol. The van der Waals surface area contributed by atoms with Gasteiger partial charge in [-0.15, -0.1) is 0 Å². The van der Waals surface area contributed by atoms with Gasteiger partial charge in [0.25, 0.3) is 0 Å². The minimum absolute atomic E-state index is 0.0883. The Bertz CT molecular complexity index is 888. The number of benzene rings is 1. The number of rotatable bonds is 7. The van der Waals surface area contributed by atoms with Crippen molar-refractivity contribution in [1.82, 2.24) is 14.8 Å². The van der Waals surface area contributed by atoms with Gasteiger partial charge in [-0.2, -0.15) is 0 Å². The maximum atomic E-state index is 12.1. The highest BCUT2D eigenvalue weighted by molar-refractivity contribution is 9.10. The SMILES string of the molecule is CN1CC(=O)N(CCCC(=O)Nc2ccc(Oc3cccc(Br)c3)nc2)C1=O. The lowest BCUT2D eigenvalue weighted by Crippen LogP contribution is -2.32. The summed E-state index contributed by atoms with van der Waals surface area (Å²) in [6.45, 7) is 0.318. The molecule has 1 aromatic carbocycles. The topological polar surface area (TPSA) is 91.8 Å². The molecule has 2 aromatic rings. The number of aromatic nitrogens is 1. The number of carbonyl (C=O) groups excluding carboxylic acids is 3. The summed E-state index contributed by atoms with van der Waals surface area (Å²) in [4.78, 5) is 42.2. The molecule has 28 heavy (non-hydrogen) atoms. The number of nitrogens with one attached hydrogen (secondary N) is 1. The third kappa shape index (κ3) is 5.07. The maximum absolute atomic E-state index is 12.1. The summed E-state index contributed by atoms with van der Waals surface area (Å²) in [5.41, 5.74) is 0.541. The van der Waals surface area contributed by atoms with Gasteiger partial charge in [0.05, 0.1) is 11.9 Å². The van der Waals surface area contributed by atoms with Crippen molar-refractivity contribution >= 4 is 39.5 Å². The van der Waals surface area contributed by atoms with Crippen molar-refractivity contribution in [3.8, 4) is 11.6 Å². The van der Waals surface area contributed by atoms with Crippen LogP contribution in [0.25, 0.3) is 0 Å². The number of imide groups is 1. The van der Waals surface area contributed by atoms with Gasteiger partial charge in [0.1, 0.15) is 12.3 Å². The summed E-state index contributed by atoms with van der Waals surface area (Å²) in [7, 11) is 1.57. The number of halogens is 1. The van der Waals surface area contributed by atoms with E-state index in [2.05, 4.69) is 26.2 Å². The zero-order chi connectivity index (χ0) is 20.1. The summed E-state index contributed by atoms with van der Waals surface area (Å²) in [6, 6.07) is 10.4.